The fourth-order valence-corrected chi connectivity index (χ4v) is 1.84. The first-order valence-corrected chi connectivity index (χ1v) is 5.32. The summed E-state index contributed by atoms with van der Waals surface area (Å²) >= 11 is 1.88. The van der Waals surface area contributed by atoms with Gasteiger partial charge in [0.25, 0.3) is 0 Å². The zero-order valence-electron chi connectivity index (χ0n) is 8.46. The Kier molecular flexibility index (Phi) is 6.39. The lowest BCUT2D eigenvalue weighted by Gasteiger charge is -2.09. The molecule has 3 heteroatoms. The highest BCUT2D eigenvalue weighted by molar-refractivity contribution is 7.11. The Morgan fingerprint density at radius 2 is 2.15 bits per heavy atom. The van der Waals surface area contributed by atoms with Gasteiger partial charge >= 0.3 is 0 Å². The molecule has 13 heavy (non-hydrogen) atoms. The molecule has 1 aromatic heterocycles. The molecule has 0 radical (unpaired) electrons. The summed E-state index contributed by atoms with van der Waals surface area (Å²) in [5, 5.41) is 3.47. The van der Waals surface area contributed by atoms with Crippen LogP contribution in [0.5, 0.6) is 0 Å². The van der Waals surface area contributed by atoms with Gasteiger partial charge in [0.05, 0.1) is 0 Å². The summed E-state index contributed by atoms with van der Waals surface area (Å²) in [7, 11) is 0. The molecule has 1 aromatic rings. The molecule has 0 spiro atoms. The normalized spacial score (nSPS) is 12.2. The van der Waals surface area contributed by atoms with Crippen molar-refractivity contribution in [1.82, 2.24) is 5.32 Å². The minimum Gasteiger partial charge on any atom is -0.309 e. The van der Waals surface area contributed by atoms with Crippen molar-refractivity contribution < 1.29 is 0 Å². The first kappa shape index (κ1) is 12.9. The molecule has 0 fully saturated rings. The van der Waals surface area contributed by atoms with Crippen molar-refractivity contribution in [2.75, 3.05) is 0 Å². The summed E-state index contributed by atoms with van der Waals surface area (Å²) in [6, 6.07) is 5.01. The minimum atomic E-state index is 0. The van der Waals surface area contributed by atoms with E-state index < -0.39 is 0 Å². The Morgan fingerprint density at radius 3 is 2.62 bits per heavy atom. The summed E-state index contributed by atoms with van der Waals surface area (Å²) in [5.74, 6) is 0. The summed E-state index contributed by atoms with van der Waals surface area (Å²) < 4.78 is 0. The van der Waals surface area contributed by atoms with Crippen molar-refractivity contribution >= 4 is 23.7 Å². The van der Waals surface area contributed by atoms with Crippen LogP contribution in [-0.2, 0) is 6.54 Å². The van der Waals surface area contributed by atoms with Crippen LogP contribution >= 0.6 is 23.7 Å². The first-order chi connectivity index (χ1) is 5.72. The molecule has 0 aliphatic heterocycles. The van der Waals surface area contributed by atoms with Crippen LogP contribution in [0.2, 0.25) is 0 Å². The van der Waals surface area contributed by atoms with Gasteiger partial charge in [0.2, 0.25) is 0 Å². The lowest BCUT2D eigenvalue weighted by atomic mass is 10.2. The maximum atomic E-state index is 3.47. The van der Waals surface area contributed by atoms with Gasteiger partial charge in [0.1, 0.15) is 0 Å². The number of nitrogens with one attached hydrogen (secondary N) is 1. The van der Waals surface area contributed by atoms with Gasteiger partial charge in [-0.25, -0.2) is 0 Å². The molecule has 1 nitrogen and oxygen atoms in total. The fourth-order valence-electron chi connectivity index (χ4n) is 0.999. The van der Waals surface area contributed by atoms with Gasteiger partial charge in [0, 0.05) is 22.3 Å². The minimum absolute atomic E-state index is 0. The van der Waals surface area contributed by atoms with Crippen molar-refractivity contribution in [3.63, 3.8) is 0 Å². The molecule has 0 saturated heterocycles. The predicted molar refractivity (Wildman–Crippen MR) is 62.9 cm³/mol. The van der Waals surface area contributed by atoms with E-state index >= 15 is 0 Å². The van der Waals surface area contributed by atoms with Crippen LogP contribution in [0.4, 0.5) is 0 Å². The van der Waals surface area contributed by atoms with Crippen molar-refractivity contribution in [3.05, 3.63) is 21.9 Å². The highest BCUT2D eigenvalue weighted by Gasteiger charge is 1.99. The standard InChI is InChI=1S/C10H17NS.ClH/c1-4-8(2)11-7-10-6-5-9(3)12-10;/h5-6,8,11H,4,7H2,1-3H3;1H. The van der Waals surface area contributed by atoms with E-state index in [-0.39, 0.29) is 12.4 Å². The van der Waals surface area contributed by atoms with Crippen molar-refractivity contribution in [2.45, 2.75) is 39.8 Å². The average molecular weight is 220 g/mol. The van der Waals surface area contributed by atoms with E-state index in [1.807, 2.05) is 11.3 Å². The zero-order chi connectivity index (χ0) is 8.97. The van der Waals surface area contributed by atoms with Crippen molar-refractivity contribution in [2.24, 2.45) is 0 Å². The van der Waals surface area contributed by atoms with Gasteiger partial charge in [-0.15, -0.1) is 23.7 Å². The van der Waals surface area contributed by atoms with E-state index in [4.69, 9.17) is 0 Å². The van der Waals surface area contributed by atoms with E-state index in [0.29, 0.717) is 6.04 Å². The van der Waals surface area contributed by atoms with E-state index in [9.17, 15) is 0 Å². The van der Waals surface area contributed by atoms with E-state index in [2.05, 4.69) is 38.2 Å². The molecule has 0 amide bonds. The fraction of sp³-hybridized carbons (Fsp3) is 0.600. The highest BCUT2D eigenvalue weighted by Crippen LogP contribution is 2.14. The smallest absolute Gasteiger partial charge is 0.0302 e. The monoisotopic (exact) mass is 219 g/mol. The second-order valence-electron chi connectivity index (χ2n) is 3.20. The molecule has 1 atom stereocenters. The molecule has 0 saturated carbocycles. The molecule has 1 N–H and O–H groups in total. The third-order valence-corrected chi connectivity index (χ3v) is 3.03. The Morgan fingerprint density at radius 1 is 1.46 bits per heavy atom. The van der Waals surface area contributed by atoms with Gasteiger partial charge in [0.15, 0.2) is 0 Å². The number of halogens is 1. The Bertz CT molecular complexity index is 235. The van der Waals surface area contributed by atoms with E-state index in [1.165, 1.54) is 16.2 Å². The van der Waals surface area contributed by atoms with Crippen LogP contribution in [0.1, 0.15) is 30.0 Å². The Hall–Kier alpha value is -0.0500. The van der Waals surface area contributed by atoms with Gasteiger partial charge in [-0.3, -0.25) is 0 Å². The Balaban J connectivity index is 0.00000144. The van der Waals surface area contributed by atoms with Crippen molar-refractivity contribution in [3.8, 4) is 0 Å². The van der Waals surface area contributed by atoms with Crippen molar-refractivity contribution in [1.29, 1.82) is 0 Å². The van der Waals surface area contributed by atoms with Crippen LogP contribution in [0.15, 0.2) is 12.1 Å². The molecule has 1 rings (SSSR count). The van der Waals surface area contributed by atoms with Crippen LogP contribution in [-0.4, -0.2) is 6.04 Å². The largest absolute Gasteiger partial charge is 0.309 e. The second kappa shape index (κ2) is 6.41. The second-order valence-corrected chi connectivity index (χ2v) is 4.58. The zero-order valence-corrected chi connectivity index (χ0v) is 10.1. The highest BCUT2D eigenvalue weighted by atomic mass is 35.5. The summed E-state index contributed by atoms with van der Waals surface area (Å²) in [4.78, 5) is 2.84. The number of thiophene rings is 1. The summed E-state index contributed by atoms with van der Waals surface area (Å²) in [6.07, 6.45) is 1.20. The van der Waals surface area contributed by atoms with Crippen LogP contribution in [0.3, 0.4) is 0 Å². The summed E-state index contributed by atoms with van der Waals surface area (Å²) in [5.41, 5.74) is 0. The first-order valence-electron chi connectivity index (χ1n) is 4.51. The maximum Gasteiger partial charge on any atom is 0.0302 e. The van der Waals surface area contributed by atoms with Gasteiger partial charge in [-0.1, -0.05) is 6.92 Å². The van der Waals surface area contributed by atoms with Gasteiger partial charge < -0.3 is 5.32 Å². The SMILES string of the molecule is CCC(C)NCc1ccc(C)s1.Cl. The number of rotatable bonds is 4. The lowest BCUT2D eigenvalue weighted by molar-refractivity contribution is 0.537. The van der Waals surface area contributed by atoms with E-state index in [1.54, 1.807) is 0 Å². The van der Waals surface area contributed by atoms with Gasteiger partial charge in [-0.2, -0.15) is 0 Å². The molecular weight excluding hydrogens is 202 g/mol. The third kappa shape index (κ3) is 4.65. The topological polar surface area (TPSA) is 12.0 Å². The maximum absolute atomic E-state index is 3.47. The quantitative estimate of drug-likeness (QED) is 0.819. The Labute approximate surface area is 91.0 Å². The van der Waals surface area contributed by atoms with Crippen LogP contribution in [0, 0.1) is 6.92 Å². The molecule has 1 unspecified atom stereocenters. The molecule has 0 aliphatic rings. The van der Waals surface area contributed by atoms with Crippen LogP contribution < -0.4 is 5.32 Å². The molecule has 76 valence electrons. The molecular formula is C10H18ClNS. The van der Waals surface area contributed by atoms with Gasteiger partial charge in [-0.05, 0) is 32.4 Å². The molecule has 0 bridgehead atoms. The third-order valence-electron chi connectivity index (χ3n) is 2.03. The summed E-state index contributed by atoms with van der Waals surface area (Å²) in [6.45, 7) is 7.60. The predicted octanol–water partition coefficient (Wildman–Crippen LogP) is 3.37. The number of hydrogen-bond donors (Lipinski definition) is 1. The molecule has 0 aromatic carbocycles. The van der Waals surface area contributed by atoms with E-state index in [0.717, 1.165) is 6.54 Å². The lowest BCUT2D eigenvalue weighted by Crippen LogP contribution is -2.23. The number of aryl methyl sites for hydroxylation is 1. The number of hydrogen-bond acceptors (Lipinski definition) is 2. The average Bonchev–Trinajstić information content (AvgIpc) is 2.47. The van der Waals surface area contributed by atoms with Crippen LogP contribution in [0.25, 0.3) is 0 Å². The molecule has 1 heterocycles. The molecule has 0 aliphatic carbocycles.